The molecule has 704 valence electrons. The lowest BCUT2D eigenvalue weighted by Gasteiger charge is -2.33. The Bertz CT molecular complexity index is 4360. The molecule has 18 amide bonds. The predicted octanol–water partition coefficient (Wildman–Crippen LogP) is -9.54. The number of aliphatic hydroxyl groups excluding tert-OH is 3. The van der Waals surface area contributed by atoms with Gasteiger partial charge in [-0.2, -0.15) is 35.3 Å². The summed E-state index contributed by atoms with van der Waals surface area (Å²) in [7, 11) is 0. The summed E-state index contributed by atoms with van der Waals surface area (Å²) in [6.07, 6.45) is -5.37. The van der Waals surface area contributed by atoms with Gasteiger partial charge in [0.25, 0.3) is 0 Å². The van der Waals surface area contributed by atoms with Gasteiger partial charge in [-0.25, -0.2) is 9.59 Å². The molecule has 2 aromatic rings. The van der Waals surface area contributed by atoms with E-state index in [1.54, 1.807) is 67.6 Å². The second-order valence-corrected chi connectivity index (χ2v) is 36.0. The predicted molar refractivity (Wildman–Crippen MR) is 461 cm³/mol. The number of fused-ring (bicyclic) bond motifs is 22. The third-order valence-corrected chi connectivity index (χ3v) is 25.9. The van der Waals surface area contributed by atoms with Crippen LogP contribution in [0.2, 0.25) is 0 Å². The Morgan fingerprint density at radius 3 is 1.47 bits per heavy atom. The monoisotopic (exact) mass is 1850 g/mol. The molecule has 128 heavy (non-hydrogen) atoms. The van der Waals surface area contributed by atoms with E-state index < -0.39 is 298 Å². The van der Waals surface area contributed by atoms with Gasteiger partial charge in [-0.15, -0.1) is 0 Å². The summed E-state index contributed by atoms with van der Waals surface area (Å²) in [6.45, 7) is 6.34. The third-order valence-electron chi connectivity index (χ3n) is 21.9. The third kappa shape index (κ3) is 30.4. The van der Waals surface area contributed by atoms with E-state index in [0.29, 0.717) is 34.7 Å². The molecule has 25 N–H and O–H groups in total. The Balaban J connectivity index is 1.51. The summed E-state index contributed by atoms with van der Waals surface area (Å²) < 4.78 is 0. The molecule has 2 aromatic carbocycles. The number of aliphatic carboxylic acids is 2. The van der Waals surface area contributed by atoms with Gasteiger partial charge in [0.05, 0.1) is 31.8 Å². The fourth-order valence-electron chi connectivity index (χ4n) is 14.0. The maximum absolute atomic E-state index is 15.9. The van der Waals surface area contributed by atoms with Gasteiger partial charge in [0, 0.05) is 58.9 Å². The average Bonchev–Trinajstić information content (AvgIpc) is 1.09. The molecule has 48 heteroatoms. The normalized spacial score (nSPS) is 31.0. The van der Waals surface area contributed by atoms with Gasteiger partial charge >= 0.3 is 11.9 Å². The number of carbonyl (C=O) groups is 20. The number of aliphatic hydroxyl groups is 3. The summed E-state index contributed by atoms with van der Waals surface area (Å²) in [5, 5.41) is 94.3. The summed E-state index contributed by atoms with van der Waals surface area (Å²) >= 11 is 1.94. The lowest BCUT2D eigenvalue weighted by Crippen LogP contribution is -2.64. The first-order chi connectivity index (χ1) is 60.6. The quantitative estimate of drug-likeness (QED) is 0.0929. The summed E-state index contributed by atoms with van der Waals surface area (Å²) in [6, 6.07) is -15.2. The maximum atomic E-state index is 15.9. The Morgan fingerprint density at radius 2 is 0.914 bits per heavy atom. The minimum Gasteiger partial charge on any atom is -0.480 e. The van der Waals surface area contributed by atoms with Gasteiger partial charge in [0.1, 0.15) is 96.7 Å². The van der Waals surface area contributed by atoms with Crippen molar-refractivity contribution in [1.29, 1.82) is 0 Å². The lowest BCUT2D eigenvalue weighted by molar-refractivity contribution is -0.152. The van der Waals surface area contributed by atoms with E-state index in [1.165, 1.54) is 32.6 Å². The molecule has 0 radical (unpaired) electrons. The van der Waals surface area contributed by atoms with Crippen LogP contribution in [0.25, 0.3) is 0 Å². The van der Waals surface area contributed by atoms with Crippen molar-refractivity contribution in [2.24, 2.45) is 11.7 Å². The Labute approximate surface area is 749 Å². The first kappa shape index (κ1) is 104. The number of carboxylic acid groups (broad SMARTS) is 2. The van der Waals surface area contributed by atoms with Crippen LogP contribution in [0.3, 0.4) is 0 Å². The van der Waals surface area contributed by atoms with E-state index in [9.17, 15) is 92.7 Å². The van der Waals surface area contributed by atoms with E-state index in [-0.39, 0.29) is 64.5 Å². The molecular formula is C80H116N20O25S3. The molecule has 5 aliphatic heterocycles. The van der Waals surface area contributed by atoms with Crippen LogP contribution >= 0.6 is 35.3 Å². The first-order valence-electron chi connectivity index (χ1n) is 41.8. The highest BCUT2D eigenvalue weighted by Gasteiger charge is 2.45. The van der Waals surface area contributed by atoms with Crippen LogP contribution in [0, 0.1) is 5.92 Å². The molecule has 5 heterocycles. The van der Waals surface area contributed by atoms with Crippen molar-refractivity contribution in [3.05, 3.63) is 71.8 Å². The molecule has 0 spiro atoms. The number of amides is 18. The molecule has 45 nitrogen and oxygen atoms in total. The molecule has 0 aromatic heterocycles. The van der Waals surface area contributed by atoms with E-state index in [2.05, 4.69) is 85.1 Å². The minimum atomic E-state index is -2.93. The van der Waals surface area contributed by atoms with Crippen LogP contribution in [0.15, 0.2) is 60.7 Å². The zero-order chi connectivity index (χ0) is 94.5. The Hall–Kier alpha value is -11.3. The fourth-order valence-corrected chi connectivity index (χ4v) is 17.3. The van der Waals surface area contributed by atoms with Crippen molar-refractivity contribution in [3.63, 3.8) is 0 Å². The number of carboxylic acids is 2. The van der Waals surface area contributed by atoms with Gasteiger partial charge in [-0.1, -0.05) is 102 Å². The van der Waals surface area contributed by atoms with Crippen LogP contribution in [-0.4, -0.2) is 336 Å². The number of benzene rings is 2. The fraction of sp³-hybridized carbons (Fsp3) is 0.600. The molecule has 0 aliphatic carbocycles. The van der Waals surface area contributed by atoms with Crippen LogP contribution in [0.4, 0.5) is 0 Å². The van der Waals surface area contributed by atoms with Gasteiger partial charge in [0.2, 0.25) is 106 Å². The maximum Gasteiger partial charge on any atom is 0.335 e. The Morgan fingerprint density at radius 1 is 0.453 bits per heavy atom. The number of carbonyl (C=O) groups excluding carboxylic acids is 18. The number of rotatable bonds is 11. The smallest absolute Gasteiger partial charge is 0.335 e. The largest absolute Gasteiger partial charge is 0.480 e. The second-order valence-electron chi connectivity index (χ2n) is 31.8. The number of hydrogen-bond donors (Lipinski definition) is 24. The molecule has 23 unspecified atom stereocenters. The lowest BCUT2D eigenvalue weighted by atomic mass is 9.97. The van der Waals surface area contributed by atoms with Crippen molar-refractivity contribution < 1.29 is 121 Å². The first-order valence-corrected chi connectivity index (χ1v) is 45.0. The van der Waals surface area contributed by atoms with Gasteiger partial charge in [0.15, 0.2) is 6.10 Å². The van der Waals surface area contributed by atoms with Gasteiger partial charge < -0.3 is 132 Å². The Kier molecular flexibility index (Phi) is 40.4. The molecular weight excluding hydrogens is 1740 g/mol. The standard InChI is InChI=1S/C80H116N20O25S3/c1-9-36(2)56-74(117)86-38(4)64(107)92-52-35-128-41(7)58-77(120)93-51-34-127-42(8)60(78(121)95-56)96-67(110)48(28-44-21-14-11-15-22-44)89-72(115)53-24-18-26-100(53)55(104)31-84-66(109)47(27-43-19-12-10-13-20-43)88-68(111)49(90-70(51)113)29-82-25-17-16-23-46(79(122)123)87-76(119)59(40(6)126-33-45(81)65(108)85-37(3)63(106)91-50(32-101)69(112)97-58)98-75(118)57(39(5)102)94-54(103)30-83-73(116)61(99-71(52)114)62(105)80(124)125/h10-15,19-22,36-42,45-53,56-62,82,101-102,105H,9,16-18,23-35,81H2,1-8H3,(H,83,116)(H,84,109)(H,85,108)(H,86,117)(H,87,119)(H,88,111)(H,89,115)(H,90,113)(H,91,106)(H,92,107)(H,93,120)(H,94,103)(H,95,121)(H,96,110)(H,97,112)(H,98,118)(H,99,114)(H,122,123)(H,124,125). The zero-order valence-electron chi connectivity index (χ0n) is 71.7. The topological polar surface area (TPSA) is 688 Å². The highest BCUT2D eigenvalue weighted by Crippen LogP contribution is 2.25. The number of nitrogens with two attached hydrogens (primary N) is 1. The number of hydrogen-bond acceptors (Lipinski definition) is 28. The molecule has 5 saturated heterocycles. The molecule has 5 fully saturated rings. The highest BCUT2D eigenvalue weighted by atomic mass is 32.2. The number of thioether (sulfide) groups is 3. The molecule has 6 bridgehead atoms. The summed E-state index contributed by atoms with van der Waals surface area (Å²) in [4.78, 5) is 294. The van der Waals surface area contributed by atoms with Crippen molar-refractivity contribution in [3.8, 4) is 0 Å². The minimum absolute atomic E-state index is 0.00233. The number of nitrogens with zero attached hydrogens (tertiary/aromatic N) is 1. The van der Waals surface area contributed by atoms with Crippen molar-refractivity contribution in [2.45, 2.75) is 237 Å². The van der Waals surface area contributed by atoms with Crippen molar-refractivity contribution >= 4 is 154 Å². The SMILES string of the molecule is CCC(C)C1NC(=O)C2NC(=O)C(Cc3ccccc3)NC(=O)C3CCCN3C(=O)CNC(=O)C(Cc3ccccc3)NC(=O)C3CNCCCCC(C(=O)O)NC(=O)C4NC(=O)C(C(C)O)NC(=O)CNC(=O)C(C(O)C(=O)O)NC(=O)C(CSC(C)C(NC(=O)C(CO)NC(=O)C(C)NC(=O)C(N)CSC4C)C(=O)NC(CSC2C)C(=O)N3)NC(=O)C(C)NC1=O. The second kappa shape index (κ2) is 49.9. The van der Waals surface area contributed by atoms with Gasteiger partial charge in [-0.3, -0.25) is 86.3 Å². The van der Waals surface area contributed by atoms with E-state index in [0.717, 1.165) is 32.5 Å². The van der Waals surface area contributed by atoms with Crippen molar-refractivity contribution in [2.75, 3.05) is 56.6 Å². The summed E-state index contributed by atoms with van der Waals surface area (Å²) in [5.41, 5.74) is 7.27. The van der Waals surface area contributed by atoms with E-state index >= 15 is 28.8 Å². The number of nitrogens with one attached hydrogen (secondary N) is 18. The highest BCUT2D eigenvalue weighted by molar-refractivity contribution is 8.00. The average molecular weight is 1850 g/mol. The van der Waals surface area contributed by atoms with Gasteiger partial charge in [-0.05, 0) is 76.5 Å². The van der Waals surface area contributed by atoms with Crippen molar-refractivity contribution in [1.82, 2.24) is 101 Å². The van der Waals surface area contributed by atoms with Crippen LogP contribution in [0.1, 0.15) is 105 Å². The molecule has 23 atom stereocenters. The van der Waals surface area contributed by atoms with E-state index in [4.69, 9.17) is 5.73 Å². The molecule has 5 aliphatic rings. The van der Waals surface area contributed by atoms with Crippen LogP contribution in [-0.2, 0) is 109 Å². The zero-order valence-corrected chi connectivity index (χ0v) is 74.2. The van der Waals surface area contributed by atoms with Crippen LogP contribution < -0.4 is 101 Å². The van der Waals surface area contributed by atoms with Crippen LogP contribution in [0.5, 0.6) is 0 Å². The molecule has 7 rings (SSSR count). The summed E-state index contributed by atoms with van der Waals surface area (Å²) in [5.74, 6) is -28.3. The van der Waals surface area contributed by atoms with E-state index in [1.807, 2.05) is 10.6 Å². The molecule has 0 saturated carbocycles.